The molecule has 0 spiro atoms. The minimum atomic E-state index is -1.60. The number of carbonyl (C=O) groups excluding carboxylic acids is 1. The Labute approximate surface area is 161 Å². The molecule has 6 nitrogen and oxygen atoms in total. The van der Waals surface area contributed by atoms with Gasteiger partial charge in [-0.2, -0.15) is 0 Å². The molecule has 0 aromatic heterocycles. The van der Waals surface area contributed by atoms with Gasteiger partial charge in [0.2, 0.25) is 0 Å². The van der Waals surface area contributed by atoms with Crippen molar-refractivity contribution in [2.75, 3.05) is 13.2 Å². The van der Waals surface area contributed by atoms with Gasteiger partial charge >= 0.3 is 12.1 Å². The molecule has 0 radical (unpaired) electrons. The van der Waals surface area contributed by atoms with Crippen LogP contribution in [0.25, 0.3) is 0 Å². The summed E-state index contributed by atoms with van der Waals surface area (Å²) in [6.07, 6.45) is -0.231. The summed E-state index contributed by atoms with van der Waals surface area (Å²) in [5.74, 6) is -5.30. The maximum Gasteiger partial charge on any atom is 0.411 e. The molecule has 1 aliphatic rings. The lowest BCUT2D eigenvalue weighted by atomic mass is 9.99. The molecule has 9 heteroatoms. The van der Waals surface area contributed by atoms with Crippen molar-refractivity contribution in [3.05, 3.63) is 35.1 Å². The second kappa shape index (κ2) is 8.81. The third kappa shape index (κ3) is 5.60. The summed E-state index contributed by atoms with van der Waals surface area (Å²) in [5.41, 5.74) is -0.782. The van der Waals surface area contributed by atoms with Crippen molar-refractivity contribution in [3.8, 4) is 0 Å². The zero-order chi connectivity index (χ0) is 21.1. The Balaban J connectivity index is 2.34. The number of nitrogens with zero attached hydrogens (tertiary/aromatic N) is 1. The van der Waals surface area contributed by atoms with E-state index in [1.54, 1.807) is 20.8 Å². The van der Waals surface area contributed by atoms with Gasteiger partial charge in [-0.05, 0) is 51.3 Å². The van der Waals surface area contributed by atoms with E-state index in [1.165, 1.54) is 4.90 Å². The van der Waals surface area contributed by atoms with E-state index in [2.05, 4.69) is 0 Å². The maximum atomic E-state index is 13.7. The smallest absolute Gasteiger partial charge is 0.411 e. The van der Waals surface area contributed by atoms with E-state index in [1.807, 2.05) is 0 Å². The summed E-state index contributed by atoms with van der Waals surface area (Å²) in [6.45, 7) is 5.10. The molecule has 1 N–H and O–H groups in total. The largest absolute Gasteiger partial charge is 0.481 e. The standard InChI is InChI=1S/C19H24F3NO5/c1-19(2,3)28-18(26)23-12(5-4-6-16(24)25)9-27-10-15(23)11-7-13(20)17(22)14(21)8-11/h7-8,12,15H,4-6,9-10H2,1-3H3,(H,24,25)/t12-,15-/m1/s1. The van der Waals surface area contributed by atoms with Crippen LogP contribution >= 0.6 is 0 Å². The second-order valence-corrected chi connectivity index (χ2v) is 7.68. The Morgan fingerprint density at radius 2 is 1.82 bits per heavy atom. The number of hydrogen-bond acceptors (Lipinski definition) is 4. The highest BCUT2D eigenvalue weighted by Crippen LogP contribution is 2.32. The van der Waals surface area contributed by atoms with E-state index in [-0.39, 0.29) is 31.6 Å². The molecule has 0 aliphatic carbocycles. The highest BCUT2D eigenvalue weighted by molar-refractivity contribution is 5.70. The number of ether oxygens (including phenoxy) is 2. The minimum absolute atomic E-state index is 0.0326. The van der Waals surface area contributed by atoms with Gasteiger partial charge in [-0.3, -0.25) is 9.69 Å². The Morgan fingerprint density at radius 3 is 2.36 bits per heavy atom. The lowest BCUT2D eigenvalue weighted by molar-refractivity contribution is -0.137. The van der Waals surface area contributed by atoms with E-state index < -0.39 is 47.2 Å². The van der Waals surface area contributed by atoms with Crippen molar-refractivity contribution in [2.45, 2.75) is 57.7 Å². The van der Waals surface area contributed by atoms with Gasteiger partial charge in [0.1, 0.15) is 5.60 Å². The van der Waals surface area contributed by atoms with Crippen LogP contribution in [0.3, 0.4) is 0 Å². The molecular weight excluding hydrogens is 379 g/mol. The fourth-order valence-electron chi connectivity index (χ4n) is 3.06. The molecular formula is C19H24F3NO5. The first kappa shape index (κ1) is 22.0. The quantitative estimate of drug-likeness (QED) is 0.751. The van der Waals surface area contributed by atoms with Gasteiger partial charge in [0.15, 0.2) is 17.5 Å². The molecule has 1 amide bonds. The molecule has 28 heavy (non-hydrogen) atoms. The predicted molar refractivity (Wildman–Crippen MR) is 93.2 cm³/mol. The van der Waals surface area contributed by atoms with Crippen LogP contribution in [0.4, 0.5) is 18.0 Å². The lowest BCUT2D eigenvalue weighted by Crippen LogP contribution is -2.52. The Morgan fingerprint density at radius 1 is 1.21 bits per heavy atom. The van der Waals surface area contributed by atoms with Crippen LogP contribution < -0.4 is 0 Å². The summed E-state index contributed by atoms with van der Waals surface area (Å²) < 4.78 is 51.7. The fraction of sp³-hybridized carbons (Fsp3) is 0.579. The Kier molecular flexibility index (Phi) is 6.92. The third-order valence-electron chi connectivity index (χ3n) is 4.24. The maximum absolute atomic E-state index is 13.7. The van der Waals surface area contributed by atoms with Crippen molar-refractivity contribution >= 4 is 12.1 Å². The monoisotopic (exact) mass is 403 g/mol. The van der Waals surface area contributed by atoms with Crippen LogP contribution in [0.15, 0.2) is 12.1 Å². The van der Waals surface area contributed by atoms with Crippen LogP contribution in [0.2, 0.25) is 0 Å². The molecule has 156 valence electrons. The van der Waals surface area contributed by atoms with E-state index in [4.69, 9.17) is 14.6 Å². The van der Waals surface area contributed by atoms with Gasteiger partial charge in [0.05, 0.1) is 25.3 Å². The van der Waals surface area contributed by atoms with Crippen LogP contribution in [-0.2, 0) is 14.3 Å². The summed E-state index contributed by atoms with van der Waals surface area (Å²) in [4.78, 5) is 24.9. The molecule has 1 saturated heterocycles. The molecule has 2 atom stereocenters. The predicted octanol–water partition coefficient (Wildman–Crippen LogP) is 4.04. The van der Waals surface area contributed by atoms with Gasteiger partial charge < -0.3 is 14.6 Å². The highest BCUT2D eigenvalue weighted by Gasteiger charge is 2.38. The number of morpholine rings is 1. The Bertz CT molecular complexity index is 712. The van der Waals surface area contributed by atoms with Crippen LogP contribution in [0, 0.1) is 17.5 Å². The first-order chi connectivity index (χ1) is 13.0. The fourth-order valence-corrected chi connectivity index (χ4v) is 3.06. The molecule has 1 aromatic rings. The number of amides is 1. The van der Waals surface area contributed by atoms with Crippen molar-refractivity contribution in [1.82, 2.24) is 4.90 Å². The minimum Gasteiger partial charge on any atom is -0.481 e. The summed E-state index contributed by atoms with van der Waals surface area (Å²) in [5, 5.41) is 8.83. The van der Waals surface area contributed by atoms with E-state index in [0.717, 1.165) is 12.1 Å². The first-order valence-corrected chi connectivity index (χ1v) is 8.95. The summed E-state index contributed by atoms with van der Waals surface area (Å²) in [7, 11) is 0. The molecule has 0 saturated carbocycles. The number of carbonyl (C=O) groups is 2. The molecule has 1 aromatic carbocycles. The van der Waals surface area contributed by atoms with Crippen molar-refractivity contribution in [1.29, 1.82) is 0 Å². The van der Waals surface area contributed by atoms with Crippen LogP contribution in [0.5, 0.6) is 0 Å². The van der Waals surface area contributed by atoms with Crippen LogP contribution in [-0.4, -0.2) is 46.9 Å². The lowest BCUT2D eigenvalue weighted by Gasteiger charge is -2.42. The highest BCUT2D eigenvalue weighted by atomic mass is 19.2. The van der Waals surface area contributed by atoms with Gasteiger partial charge in [-0.25, -0.2) is 18.0 Å². The Hall–Kier alpha value is -2.29. The topological polar surface area (TPSA) is 76.1 Å². The van der Waals surface area contributed by atoms with E-state index in [9.17, 15) is 22.8 Å². The molecule has 1 aliphatic heterocycles. The number of halogens is 3. The SMILES string of the molecule is CC(C)(C)OC(=O)N1[C@H](CCCC(=O)O)COC[C@@H]1c1cc(F)c(F)c(F)c1. The molecule has 2 rings (SSSR count). The number of carboxylic acids is 1. The summed E-state index contributed by atoms with van der Waals surface area (Å²) in [6, 6.07) is 0.194. The van der Waals surface area contributed by atoms with E-state index in [0.29, 0.717) is 6.42 Å². The van der Waals surface area contributed by atoms with Crippen molar-refractivity contribution in [2.24, 2.45) is 0 Å². The molecule has 1 heterocycles. The number of aliphatic carboxylic acids is 1. The van der Waals surface area contributed by atoms with Gasteiger partial charge in [-0.15, -0.1) is 0 Å². The van der Waals surface area contributed by atoms with Crippen molar-refractivity contribution in [3.63, 3.8) is 0 Å². The zero-order valence-corrected chi connectivity index (χ0v) is 16.0. The van der Waals surface area contributed by atoms with Crippen molar-refractivity contribution < 1.29 is 37.3 Å². The first-order valence-electron chi connectivity index (χ1n) is 8.95. The second-order valence-electron chi connectivity index (χ2n) is 7.68. The van der Waals surface area contributed by atoms with Crippen LogP contribution in [0.1, 0.15) is 51.6 Å². The molecule has 1 fully saturated rings. The molecule has 0 bridgehead atoms. The number of carboxylic acid groups (broad SMARTS) is 1. The average Bonchev–Trinajstić information content (AvgIpc) is 2.57. The normalized spacial score (nSPS) is 20.1. The zero-order valence-electron chi connectivity index (χ0n) is 16.0. The third-order valence-corrected chi connectivity index (χ3v) is 4.24. The van der Waals surface area contributed by atoms with Gasteiger partial charge in [0, 0.05) is 6.42 Å². The number of rotatable bonds is 5. The van der Waals surface area contributed by atoms with Gasteiger partial charge in [0.25, 0.3) is 0 Å². The number of hydrogen-bond donors (Lipinski definition) is 1. The molecule has 0 unspecified atom stereocenters. The van der Waals surface area contributed by atoms with E-state index >= 15 is 0 Å². The average molecular weight is 403 g/mol. The van der Waals surface area contributed by atoms with Gasteiger partial charge in [-0.1, -0.05) is 0 Å². The number of benzene rings is 1. The summed E-state index contributed by atoms with van der Waals surface area (Å²) >= 11 is 0.